The zero-order chi connectivity index (χ0) is 30.4. The van der Waals surface area contributed by atoms with Crippen molar-refractivity contribution in [2.24, 2.45) is 0 Å². The van der Waals surface area contributed by atoms with E-state index in [4.69, 9.17) is 4.74 Å². The number of anilines is 1. The molecular formula is C33H39N3O5S. The fourth-order valence-electron chi connectivity index (χ4n) is 5.50. The smallest absolute Gasteiger partial charge is 0.265 e. The molecule has 0 aliphatic heterocycles. The number of hydrogen-bond donors (Lipinski definition) is 1. The Kier molecular flexibility index (Phi) is 9.73. The van der Waals surface area contributed by atoms with Crippen LogP contribution in [0.3, 0.4) is 0 Å². The molecule has 0 saturated carbocycles. The Morgan fingerprint density at radius 3 is 2.52 bits per heavy atom. The molecule has 4 aromatic rings. The lowest BCUT2D eigenvalue weighted by Gasteiger charge is -2.21. The van der Waals surface area contributed by atoms with E-state index >= 15 is 0 Å². The van der Waals surface area contributed by atoms with E-state index in [9.17, 15) is 18.0 Å². The van der Waals surface area contributed by atoms with Gasteiger partial charge in [0.05, 0.1) is 17.5 Å². The first-order valence-corrected chi connectivity index (χ1v) is 15.6. The van der Waals surface area contributed by atoms with Crippen LogP contribution >= 0.6 is 0 Å². The van der Waals surface area contributed by atoms with Crippen LogP contribution in [0.2, 0.25) is 0 Å². The van der Waals surface area contributed by atoms with E-state index in [1.54, 1.807) is 37.3 Å². The lowest BCUT2D eigenvalue weighted by Crippen LogP contribution is -2.31. The van der Waals surface area contributed by atoms with Gasteiger partial charge in [0.15, 0.2) is 0 Å². The predicted octanol–water partition coefficient (Wildman–Crippen LogP) is 6.05. The van der Waals surface area contributed by atoms with Gasteiger partial charge in [-0.2, -0.15) is 0 Å². The lowest BCUT2D eigenvalue weighted by atomic mass is 9.85. The summed E-state index contributed by atoms with van der Waals surface area (Å²) in [7, 11) is 1.45. The Morgan fingerprint density at radius 1 is 1.10 bits per heavy atom. The fourth-order valence-corrected chi connectivity index (χ4v) is 6.72. The average Bonchev–Trinajstić information content (AvgIpc) is 3.33. The number of benzene rings is 3. The number of rotatable bonds is 13. The second-order valence-corrected chi connectivity index (χ2v) is 12.3. The highest BCUT2D eigenvalue weighted by atomic mass is 32.2. The third-order valence-electron chi connectivity index (χ3n) is 7.49. The molecule has 222 valence electrons. The van der Waals surface area contributed by atoms with Crippen molar-refractivity contribution in [1.29, 1.82) is 0 Å². The lowest BCUT2D eigenvalue weighted by molar-refractivity contribution is -0.107. The molecule has 1 heterocycles. The Bertz CT molecular complexity index is 1690. The summed E-state index contributed by atoms with van der Waals surface area (Å²) in [5.41, 5.74) is 4.79. The maximum Gasteiger partial charge on any atom is 0.265 e. The number of sulfonamides is 1. The summed E-state index contributed by atoms with van der Waals surface area (Å²) in [4.78, 5) is 26.8. The van der Waals surface area contributed by atoms with Crippen molar-refractivity contribution >= 4 is 38.8 Å². The van der Waals surface area contributed by atoms with Crippen LogP contribution in [0.1, 0.15) is 65.6 Å². The third-order valence-corrected chi connectivity index (χ3v) is 8.98. The fraction of sp³-hybridized carbons (Fsp3) is 0.333. The normalized spacial score (nSPS) is 12.2. The van der Waals surface area contributed by atoms with E-state index in [1.165, 1.54) is 13.2 Å². The Morgan fingerprint density at radius 2 is 1.86 bits per heavy atom. The number of nitrogens with zero attached hydrogens (tertiary/aromatic N) is 2. The summed E-state index contributed by atoms with van der Waals surface area (Å²) in [6.07, 6.45) is 5.78. The molecule has 9 heteroatoms. The van der Waals surface area contributed by atoms with E-state index in [-0.39, 0.29) is 16.4 Å². The first kappa shape index (κ1) is 30.8. The standard InChI is InChI=1S/C33H39N3O5S/c1-6-17-36-22-28(32-29(35(3)4)14-11-15-30(32)36)27(13-9-10-18-37)24-19-25(21-26(20-24)41-5)33(38)34-42(39,40)31-16-8-7-12-23(31)2/h7-8,11-12,14-16,18-22,27H,6,9-10,13,17H2,1-5H3,(H,34,38). The van der Waals surface area contributed by atoms with E-state index < -0.39 is 15.9 Å². The van der Waals surface area contributed by atoms with Gasteiger partial charge in [0.25, 0.3) is 15.9 Å². The van der Waals surface area contributed by atoms with Gasteiger partial charge in [-0.15, -0.1) is 0 Å². The van der Waals surface area contributed by atoms with Gasteiger partial charge in [-0.3, -0.25) is 4.79 Å². The highest BCUT2D eigenvalue weighted by Crippen LogP contribution is 2.41. The Hall–Kier alpha value is -4.11. The number of hydrogen-bond acceptors (Lipinski definition) is 6. The van der Waals surface area contributed by atoms with Crippen molar-refractivity contribution in [3.8, 4) is 5.75 Å². The zero-order valence-corrected chi connectivity index (χ0v) is 25.7. The van der Waals surface area contributed by atoms with Crippen molar-refractivity contribution < 1.29 is 22.7 Å². The number of unbranched alkanes of at least 4 members (excludes halogenated alkanes) is 1. The molecular weight excluding hydrogens is 550 g/mol. The summed E-state index contributed by atoms with van der Waals surface area (Å²) in [5, 5.41) is 1.11. The number of aldehydes is 1. The third kappa shape index (κ3) is 6.51. The minimum absolute atomic E-state index is 0.0492. The van der Waals surface area contributed by atoms with Crippen LogP contribution < -0.4 is 14.4 Å². The van der Waals surface area contributed by atoms with Gasteiger partial charge in [-0.05, 0) is 79.3 Å². The SMILES string of the molecule is CCCn1cc(C(CCCC=O)c2cc(OC)cc(C(=O)NS(=O)(=O)c3ccccc3C)c2)c2c(N(C)C)cccc21. The van der Waals surface area contributed by atoms with Crippen LogP contribution in [0.5, 0.6) is 5.75 Å². The molecule has 4 rings (SSSR count). The molecule has 42 heavy (non-hydrogen) atoms. The zero-order valence-electron chi connectivity index (χ0n) is 24.9. The number of aryl methyl sites for hydroxylation is 2. The van der Waals surface area contributed by atoms with Crippen molar-refractivity contribution in [2.45, 2.75) is 56.9 Å². The van der Waals surface area contributed by atoms with Crippen molar-refractivity contribution in [2.75, 3.05) is 26.1 Å². The maximum atomic E-state index is 13.4. The van der Waals surface area contributed by atoms with Gasteiger partial charge in [0.1, 0.15) is 12.0 Å². The van der Waals surface area contributed by atoms with Gasteiger partial charge in [-0.1, -0.05) is 31.2 Å². The van der Waals surface area contributed by atoms with E-state index in [0.29, 0.717) is 30.6 Å². The molecule has 0 aliphatic rings. The molecule has 0 radical (unpaired) electrons. The molecule has 0 spiro atoms. The molecule has 0 bridgehead atoms. The predicted molar refractivity (Wildman–Crippen MR) is 167 cm³/mol. The second kappa shape index (κ2) is 13.2. The molecule has 1 atom stereocenters. The molecule has 3 aromatic carbocycles. The molecule has 1 aromatic heterocycles. The molecule has 1 amide bonds. The van der Waals surface area contributed by atoms with Gasteiger partial charge < -0.3 is 19.0 Å². The molecule has 0 fully saturated rings. The molecule has 1 unspecified atom stereocenters. The summed E-state index contributed by atoms with van der Waals surface area (Å²) in [5.74, 6) is -0.481. The first-order valence-electron chi connectivity index (χ1n) is 14.2. The molecule has 8 nitrogen and oxygen atoms in total. The molecule has 0 aliphatic carbocycles. The number of carbonyl (C=O) groups is 2. The van der Waals surface area contributed by atoms with Crippen LogP contribution in [-0.4, -0.2) is 46.4 Å². The summed E-state index contributed by atoms with van der Waals surface area (Å²) < 4.78 is 36.3. The first-order chi connectivity index (χ1) is 20.1. The van der Waals surface area contributed by atoms with Gasteiger partial charge in [0.2, 0.25) is 0 Å². The van der Waals surface area contributed by atoms with Crippen molar-refractivity contribution in [1.82, 2.24) is 9.29 Å². The highest BCUT2D eigenvalue weighted by Gasteiger charge is 2.26. The van der Waals surface area contributed by atoms with Crippen LogP contribution in [0.4, 0.5) is 5.69 Å². The molecule has 0 saturated heterocycles. The van der Waals surface area contributed by atoms with E-state index in [0.717, 1.165) is 47.0 Å². The molecule has 1 N–H and O–H groups in total. The minimum atomic E-state index is -4.10. The van der Waals surface area contributed by atoms with Gasteiger partial charge >= 0.3 is 0 Å². The number of aromatic nitrogens is 1. The van der Waals surface area contributed by atoms with Crippen LogP contribution in [-0.2, 0) is 21.4 Å². The Labute approximate surface area is 248 Å². The topological polar surface area (TPSA) is 97.7 Å². The highest BCUT2D eigenvalue weighted by molar-refractivity contribution is 7.90. The quantitative estimate of drug-likeness (QED) is 0.151. The summed E-state index contributed by atoms with van der Waals surface area (Å²) in [6.45, 7) is 4.67. The monoisotopic (exact) mass is 589 g/mol. The number of methoxy groups -OCH3 is 1. The second-order valence-electron chi connectivity index (χ2n) is 10.7. The van der Waals surface area contributed by atoms with Crippen LogP contribution in [0, 0.1) is 6.92 Å². The summed E-state index contributed by atoms with van der Waals surface area (Å²) in [6, 6.07) is 17.9. The van der Waals surface area contributed by atoms with E-state index in [1.807, 2.05) is 20.2 Å². The number of amides is 1. The number of carbonyl (C=O) groups excluding carboxylic acids is 2. The van der Waals surface area contributed by atoms with Crippen LogP contribution in [0.25, 0.3) is 10.9 Å². The van der Waals surface area contributed by atoms with Gasteiger partial charge in [-0.25, -0.2) is 13.1 Å². The Balaban J connectivity index is 1.85. The maximum absolute atomic E-state index is 13.4. The van der Waals surface area contributed by atoms with Crippen molar-refractivity contribution in [3.05, 3.63) is 89.1 Å². The van der Waals surface area contributed by atoms with Crippen LogP contribution in [0.15, 0.2) is 71.8 Å². The number of fused-ring (bicyclic) bond motifs is 1. The van der Waals surface area contributed by atoms with Crippen molar-refractivity contribution in [3.63, 3.8) is 0 Å². The largest absolute Gasteiger partial charge is 0.497 e. The summed E-state index contributed by atoms with van der Waals surface area (Å²) >= 11 is 0. The number of nitrogens with one attached hydrogen (secondary N) is 1. The van der Waals surface area contributed by atoms with Gasteiger partial charge in [0, 0.05) is 55.8 Å². The minimum Gasteiger partial charge on any atom is -0.497 e. The number of ether oxygens (including phenoxy) is 1. The van der Waals surface area contributed by atoms with E-state index in [2.05, 4.69) is 45.5 Å². The average molecular weight is 590 g/mol.